The number of aromatic nitrogens is 3. The number of carbonyl (C=O) groups is 2. The van der Waals surface area contributed by atoms with Crippen molar-refractivity contribution in [2.45, 2.75) is 12.1 Å². The highest BCUT2D eigenvalue weighted by molar-refractivity contribution is 7.99. The SMILES string of the molecule is COc1cc(C=NNC(=O)CSc2nnc(C)n2-c2ccccc2)ccc1OC(=O)c1sc2ccccc2c1Cl. The van der Waals surface area contributed by atoms with Crippen molar-refractivity contribution in [1.29, 1.82) is 0 Å². The van der Waals surface area contributed by atoms with Crippen LogP contribution in [0.25, 0.3) is 15.8 Å². The number of ether oxygens (including phenoxy) is 2. The average Bonchev–Trinajstić information content (AvgIpc) is 3.52. The van der Waals surface area contributed by atoms with Gasteiger partial charge in [-0.25, -0.2) is 10.2 Å². The molecular formula is C28H22ClN5O4S2. The first-order chi connectivity index (χ1) is 19.4. The van der Waals surface area contributed by atoms with E-state index in [9.17, 15) is 9.59 Å². The molecule has 12 heteroatoms. The minimum atomic E-state index is -0.575. The summed E-state index contributed by atoms with van der Waals surface area (Å²) in [6.45, 7) is 1.86. The number of thioether (sulfide) groups is 1. The highest BCUT2D eigenvalue weighted by Crippen LogP contribution is 2.37. The summed E-state index contributed by atoms with van der Waals surface area (Å²) in [6, 6.07) is 22.1. The molecule has 0 fully saturated rings. The van der Waals surface area contributed by atoms with Crippen LogP contribution in [0.1, 0.15) is 21.1 Å². The lowest BCUT2D eigenvalue weighted by Gasteiger charge is -2.09. The molecule has 0 saturated carbocycles. The second kappa shape index (κ2) is 12.3. The molecule has 0 aliphatic heterocycles. The van der Waals surface area contributed by atoms with Gasteiger partial charge in [0.25, 0.3) is 5.91 Å². The van der Waals surface area contributed by atoms with Crippen LogP contribution >= 0.6 is 34.7 Å². The standard InChI is InChI=1S/C28H22ClN5O4S2/c1-17-31-33-28(34(17)19-8-4-3-5-9-19)39-16-24(35)32-30-15-18-12-13-21(22(14-18)37-2)38-27(36)26-25(29)20-10-6-7-11-23(20)40-26/h3-15H,16H2,1-2H3,(H,32,35). The van der Waals surface area contributed by atoms with E-state index >= 15 is 0 Å². The van der Waals surface area contributed by atoms with Crippen LogP contribution in [0.15, 0.2) is 83.1 Å². The summed E-state index contributed by atoms with van der Waals surface area (Å²) < 4.78 is 13.8. The molecule has 40 heavy (non-hydrogen) atoms. The zero-order chi connectivity index (χ0) is 28.1. The average molecular weight is 592 g/mol. The Hall–Kier alpha value is -4.19. The molecular weight excluding hydrogens is 570 g/mol. The van der Waals surface area contributed by atoms with Gasteiger partial charge in [-0.15, -0.1) is 21.5 Å². The smallest absolute Gasteiger partial charge is 0.355 e. The Morgan fingerprint density at radius 1 is 1.07 bits per heavy atom. The number of amides is 1. The summed E-state index contributed by atoms with van der Waals surface area (Å²) in [6.07, 6.45) is 1.47. The number of hydrazone groups is 1. The zero-order valence-corrected chi connectivity index (χ0v) is 23.7. The monoisotopic (exact) mass is 591 g/mol. The van der Waals surface area contributed by atoms with Crippen LogP contribution in [0.3, 0.4) is 0 Å². The van der Waals surface area contributed by atoms with Crippen molar-refractivity contribution in [3.63, 3.8) is 0 Å². The molecule has 0 spiro atoms. The van der Waals surface area contributed by atoms with Crippen molar-refractivity contribution in [3.8, 4) is 17.2 Å². The first-order valence-electron chi connectivity index (χ1n) is 11.9. The van der Waals surface area contributed by atoms with E-state index in [1.165, 1.54) is 36.4 Å². The maximum absolute atomic E-state index is 12.8. The molecule has 5 rings (SSSR count). The lowest BCUT2D eigenvalue weighted by Crippen LogP contribution is -2.20. The number of nitrogens with one attached hydrogen (secondary N) is 1. The third-order valence-electron chi connectivity index (χ3n) is 5.66. The fourth-order valence-corrected chi connectivity index (χ4v) is 5.97. The molecule has 1 amide bonds. The predicted octanol–water partition coefficient (Wildman–Crippen LogP) is 5.91. The number of hydrogen-bond donors (Lipinski definition) is 1. The van der Waals surface area contributed by atoms with E-state index < -0.39 is 5.97 Å². The first-order valence-corrected chi connectivity index (χ1v) is 14.1. The van der Waals surface area contributed by atoms with Crippen LogP contribution in [0.4, 0.5) is 0 Å². The molecule has 9 nitrogen and oxygen atoms in total. The topological polar surface area (TPSA) is 108 Å². The molecule has 5 aromatic rings. The van der Waals surface area contributed by atoms with Crippen molar-refractivity contribution in [3.05, 3.63) is 94.1 Å². The Bertz CT molecular complexity index is 1720. The quantitative estimate of drug-likeness (QED) is 0.0746. The summed E-state index contributed by atoms with van der Waals surface area (Å²) in [5.74, 6) is 0.500. The van der Waals surface area contributed by atoms with Gasteiger partial charge in [0.2, 0.25) is 0 Å². The van der Waals surface area contributed by atoms with Crippen LogP contribution in [0.5, 0.6) is 11.5 Å². The van der Waals surface area contributed by atoms with E-state index in [0.29, 0.717) is 26.4 Å². The zero-order valence-electron chi connectivity index (χ0n) is 21.3. The van der Waals surface area contributed by atoms with Gasteiger partial charge in [0.05, 0.1) is 24.1 Å². The number of carbonyl (C=O) groups excluding carboxylic acids is 2. The number of hydrogen-bond acceptors (Lipinski definition) is 9. The number of aryl methyl sites for hydroxylation is 1. The summed E-state index contributed by atoms with van der Waals surface area (Å²) >= 11 is 8.93. The van der Waals surface area contributed by atoms with Crippen molar-refractivity contribution in [2.75, 3.05) is 12.9 Å². The number of rotatable bonds is 9. The lowest BCUT2D eigenvalue weighted by atomic mass is 10.2. The van der Waals surface area contributed by atoms with Crippen LogP contribution in [0, 0.1) is 6.92 Å². The van der Waals surface area contributed by atoms with Gasteiger partial charge in [-0.1, -0.05) is 59.8 Å². The Labute approximate surface area is 242 Å². The van der Waals surface area contributed by atoms with Crippen LogP contribution in [-0.4, -0.2) is 45.7 Å². The number of esters is 1. The maximum atomic E-state index is 12.8. The normalized spacial score (nSPS) is 11.2. The number of para-hydroxylation sites is 1. The predicted molar refractivity (Wildman–Crippen MR) is 157 cm³/mol. The highest BCUT2D eigenvalue weighted by Gasteiger charge is 2.20. The van der Waals surface area contributed by atoms with Crippen LogP contribution in [-0.2, 0) is 4.79 Å². The molecule has 1 N–H and O–H groups in total. The molecule has 0 unspecified atom stereocenters. The van der Waals surface area contributed by atoms with E-state index in [0.717, 1.165) is 21.6 Å². The van der Waals surface area contributed by atoms with E-state index in [2.05, 4.69) is 20.7 Å². The van der Waals surface area contributed by atoms with Crippen molar-refractivity contribution >= 4 is 62.9 Å². The molecule has 2 aromatic heterocycles. The molecule has 0 atom stereocenters. The number of methoxy groups -OCH3 is 1. The minimum absolute atomic E-state index is 0.0980. The van der Waals surface area contributed by atoms with Crippen molar-refractivity contribution < 1.29 is 19.1 Å². The molecule has 3 aromatic carbocycles. The lowest BCUT2D eigenvalue weighted by molar-refractivity contribution is -0.118. The molecule has 0 bridgehead atoms. The van der Waals surface area contributed by atoms with Gasteiger partial charge in [0.1, 0.15) is 10.7 Å². The molecule has 0 radical (unpaired) electrons. The van der Waals surface area contributed by atoms with Gasteiger partial charge in [-0.3, -0.25) is 9.36 Å². The van der Waals surface area contributed by atoms with Gasteiger partial charge in [-0.05, 0) is 48.9 Å². The molecule has 2 heterocycles. The summed E-state index contributed by atoms with van der Waals surface area (Å²) in [5, 5.41) is 14.1. The number of benzene rings is 3. The molecule has 202 valence electrons. The number of nitrogens with zero attached hydrogens (tertiary/aromatic N) is 4. The van der Waals surface area contributed by atoms with E-state index in [4.69, 9.17) is 21.1 Å². The second-order valence-electron chi connectivity index (χ2n) is 8.32. The van der Waals surface area contributed by atoms with Crippen molar-refractivity contribution in [2.24, 2.45) is 5.10 Å². The summed E-state index contributed by atoms with van der Waals surface area (Å²) in [5.41, 5.74) is 4.05. The molecule has 0 aliphatic carbocycles. The molecule has 0 aliphatic rings. The highest BCUT2D eigenvalue weighted by atomic mass is 35.5. The van der Waals surface area contributed by atoms with Gasteiger partial charge in [0.15, 0.2) is 16.7 Å². The number of thiophene rings is 1. The van der Waals surface area contributed by atoms with Crippen LogP contribution < -0.4 is 14.9 Å². The third-order valence-corrected chi connectivity index (χ3v) is 8.24. The minimum Gasteiger partial charge on any atom is -0.493 e. The Morgan fingerprint density at radius 3 is 2.62 bits per heavy atom. The summed E-state index contributed by atoms with van der Waals surface area (Å²) in [7, 11) is 1.47. The van der Waals surface area contributed by atoms with E-state index in [1.54, 1.807) is 18.2 Å². The van der Waals surface area contributed by atoms with Gasteiger partial charge < -0.3 is 9.47 Å². The Balaban J connectivity index is 1.19. The van der Waals surface area contributed by atoms with E-state index in [-0.39, 0.29) is 17.4 Å². The first kappa shape index (κ1) is 27.4. The van der Waals surface area contributed by atoms with Crippen LogP contribution in [0.2, 0.25) is 5.02 Å². The third kappa shape index (κ3) is 6.01. The van der Waals surface area contributed by atoms with Gasteiger partial charge in [0, 0.05) is 15.8 Å². The van der Waals surface area contributed by atoms with Crippen molar-refractivity contribution in [1.82, 2.24) is 20.2 Å². The fraction of sp³-hybridized carbons (Fsp3) is 0.107. The largest absolute Gasteiger partial charge is 0.493 e. The maximum Gasteiger partial charge on any atom is 0.355 e. The Morgan fingerprint density at radius 2 is 1.85 bits per heavy atom. The second-order valence-corrected chi connectivity index (χ2v) is 10.7. The number of fused-ring (bicyclic) bond motifs is 1. The molecule has 0 saturated heterocycles. The van der Waals surface area contributed by atoms with Gasteiger partial charge >= 0.3 is 5.97 Å². The van der Waals surface area contributed by atoms with E-state index in [1.807, 2.05) is 66.1 Å². The number of halogens is 1. The fourth-order valence-electron chi connectivity index (χ4n) is 3.79. The Kier molecular flexibility index (Phi) is 8.44. The van der Waals surface area contributed by atoms with Gasteiger partial charge in [-0.2, -0.15) is 5.10 Å². The summed E-state index contributed by atoms with van der Waals surface area (Å²) in [4.78, 5) is 25.5.